The maximum Gasteiger partial charge on any atom is 0.0950 e. The normalized spacial score (nSPS) is 14.4. The van der Waals surface area contributed by atoms with Crippen LogP contribution in [0.15, 0.2) is 30.5 Å². The molecule has 0 saturated carbocycles. The molecule has 4 nitrogen and oxygen atoms in total. The van der Waals surface area contributed by atoms with Crippen molar-refractivity contribution in [3.63, 3.8) is 0 Å². The van der Waals surface area contributed by atoms with Crippen LogP contribution < -0.4 is 5.32 Å². The molecule has 0 aliphatic heterocycles. The zero-order valence-electron chi connectivity index (χ0n) is 10.8. The van der Waals surface area contributed by atoms with Crippen LogP contribution in [0.25, 0.3) is 10.9 Å². The standard InChI is InChI=1S/C14H19N3O/c1-3-8-14(2,18)10-15-13-9-16-17-12-7-5-4-6-11(12)13/h4-7,9,18H,3,8,10H2,1-2H3,(H,15,17). The number of fused-ring (bicyclic) bond motifs is 1. The molecule has 2 N–H and O–H groups in total. The molecule has 96 valence electrons. The van der Waals surface area contributed by atoms with Gasteiger partial charge in [0, 0.05) is 11.9 Å². The average Bonchev–Trinajstić information content (AvgIpc) is 2.36. The highest BCUT2D eigenvalue weighted by Crippen LogP contribution is 2.21. The van der Waals surface area contributed by atoms with E-state index >= 15 is 0 Å². The van der Waals surface area contributed by atoms with Gasteiger partial charge in [-0.15, -0.1) is 0 Å². The van der Waals surface area contributed by atoms with E-state index in [0.717, 1.165) is 29.4 Å². The quantitative estimate of drug-likeness (QED) is 0.850. The number of nitrogens with zero attached hydrogens (tertiary/aromatic N) is 2. The molecule has 0 amide bonds. The Balaban J connectivity index is 2.17. The van der Waals surface area contributed by atoms with Gasteiger partial charge in [-0.25, -0.2) is 0 Å². The lowest BCUT2D eigenvalue weighted by Crippen LogP contribution is -2.33. The van der Waals surface area contributed by atoms with Gasteiger partial charge in [-0.05, 0) is 19.4 Å². The number of aliphatic hydroxyl groups is 1. The molecule has 0 aliphatic rings. The lowest BCUT2D eigenvalue weighted by atomic mass is 10.0. The molecule has 0 aliphatic carbocycles. The van der Waals surface area contributed by atoms with E-state index in [1.165, 1.54) is 0 Å². The van der Waals surface area contributed by atoms with Crippen LogP contribution in [0, 0.1) is 0 Å². The predicted molar refractivity (Wildman–Crippen MR) is 73.6 cm³/mol. The fourth-order valence-electron chi connectivity index (χ4n) is 2.06. The lowest BCUT2D eigenvalue weighted by molar-refractivity contribution is 0.0637. The zero-order valence-corrected chi connectivity index (χ0v) is 10.8. The van der Waals surface area contributed by atoms with Gasteiger partial charge in [0.2, 0.25) is 0 Å². The first kappa shape index (κ1) is 12.8. The van der Waals surface area contributed by atoms with Gasteiger partial charge in [-0.1, -0.05) is 31.5 Å². The highest BCUT2D eigenvalue weighted by Gasteiger charge is 2.18. The van der Waals surface area contributed by atoms with E-state index in [2.05, 4.69) is 22.4 Å². The Bertz CT molecular complexity index is 520. The first-order valence-corrected chi connectivity index (χ1v) is 6.29. The molecule has 0 spiro atoms. The Hall–Kier alpha value is -1.68. The number of rotatable bonds is 5. The van der Waals surface area contributed by atoms with Crippen LogP contribution in [0.1, 0.15) is 26.7 Å². The smallest absolute Gasteiger partial charge is 0.0950 e. The number of benzene rings is 1. The fraction of sp³-hybridized carbons (Fsp3) is 0.429. The maximum atomic E-state index is 10.1. The first-order valence-electron chi connectivity index (χ1n) is 6.29. The summed E-state index contributed by atoms with van der Waals surface area (Å²) >= 11 is 0. The Morgan fingerprint density at radius 3 is 2.89 bits per heavy atom. The van der Waals surface area contributed by atoms with Gasteiger partial charge >= 0.3 is 0 Å². The third kappa shape index (κ3) is 2.96. The number of aromatic nitrogens is 2. The third-order valence-electron chi connectivity index (χ3n) is 2.99. The van der Waals surface area contributed by atoms with Gasteiger partial charge in [0.15, 0.2) is 0 Å². The zero-order chi connectivity index (χ0) is 13.0. The topological polar surface area (TPSA) is 58.0 Å². The van der Waals surface area contributed by atoms with Crippen LogP contribution >= 0.6 is 0 Å². The van der Waals surface area contributed by atoms with Crippen molar-refractivity contribution in [2.75, 3.05) is 11.9 Å². The summed E-state index contributed by atoms with van der Waals surface area (Å²) in [6.07, 6.45) is 3.44. The molecule has 0 bridgehead atoms. The second-order valence-electron chi connectivity index (χ2n) is 4.88. The average molecular weight is 245 g/mol. The Morgan fingerprint density at radius 2 is 2.11 bits per heavy atom. The molecular weight excluding hydrogens is 226 g/mol. The number of hydrogen-bond donors (Lipinski definition) is 2. The highest BCUT2D eigenvalue weighted by atomic mass is 16.3. The fourth-order valence-corrected chi connectivity index (χ4v) is 2.06. The van der Waals surface area contributed by atoms with Crippen molar-refractivity contribution in [2.24, 2.45) is 0 Å². The van der Waals surface area contributed by atoms with Gasteiger partial charge in [0.05, 0.1) is 23.0 Å². The summed E-state index contributed by atoms with van der Waals surface area (Å²) in [5, 5.41) is 22.5. The minimum absolute atomic E-state index is 0.510. The molecule has 18 heavy (non-hydrogen) atoms. The van der Waals surface area contributed by atoms with E-state index in [0.29, 0.717) is 6.54 Å². The van der Waals surface area contributed by atoms with E-state index < -0.39 is 5.60 Å². The lowest BCUT2D eigenvalue weighted by Gasteiger charge is -2.23. The second-order valence-corrected chi connectivity index (χ2v) is 4.88. The summed E-state index contributed by atoms with van der Waals surface area (Å²) in [7, 11) is 0. The van der Waals surface area contributed by atoms with Crippen molar-refractivity contribution in [1.82, 2.24) is 10.2 Å². The minimum Gasteiger partial charge on any atom is -0.388 e. The van der Waals surface area contributed by atoms with Crippen LogP contribution in [0.4, 0.5) is 5.69 Å². The first-order chi connectivity index (χ1) is 8.62. The molecule has 0 saturated heterocycles. The largest absolute Gasteiger partial charge is 0.388 e. The van der Waals surface area contributed by atoms with Gasteiger partial charge in [0.1, 0.15) is 0 Å². The number of anilines is 1. The second kappa shape index (κ2) is 5.31. The minimum atomic E-state index is -0.695. The predicted octanol–water partition coefficient (Wildman–Crippen LogP) is 2.59. The molecule has 0 radical (unpaired) electrons. The molecule has 1 heterocycles. The molecule has 4 heteroatoms. The van der Waals surface area contributed by atoms with E-state index in [1.54, 1.807) is 6.20 Å². The summed E-state index contributed by atoms with van der Waals surface area (Å²) in [5.41, 5.74) is 1.08. The highest BCUT2D eigenvalue weighted by molar-refractivity contribution is 5.90. The molecule has 1 unspecified atom stereocenters. The van der Waals surface area contributed by atoms with E-state index in [-0.39, 0.29) is 0 Å². The van der Waals surface area contributed by atoms with Crippen molar-refractivity contribution < 1.29 is 5.11 Å². The van der Waals surface area contributed by atoms with Gasteiger partial charge in [-0.3, -0.25) is 0 Å². The Labute approximate surface area is 107 Å². The van der Waals surface area contributed by atoms with Crippen LogP contribution in [0.2, 0.25) is 0 Å². The van der Waals surface area contributed by atoms with Gasteiger partial charge in [-0.2, -0.15) is 10.2 Å². The number of nitrogens with one attached hydrogen (secondary N) is 1. The van der Waals surface area contributed by atoms with Crippen LogP contribution in [0.5, 0.6) is 0 Å². The van der Waals surface area contributed by atoms with Crippen molar-refractivity contribution in [1.29, 1.82) is 0 Å². The molecular formula is C14H19N3O. The van der Waals surface area contributed by atoms with Crippen molar-refractivity contribution in [3.8, 4) is 0 Å². The molecule has 2 aromatic rings. The van der Waals surface area contributed by atoms with Crippen molar-refractivity contribution in [3.05, 3.63) is 30.5 Å². The van der Waals surface area contributed by atoms with Crippen LogP contribution in [-0.2, 0) is 0 Å². The monoisotopic (exact) mass is 245 g/mol. The van der Waals surface area contributed by atoms with Crippen molar-refractivity contribution in [2.45, 2.75) is 32.3 Å². The molecule has 1 aromatic heterocycles. The summed E-state index contributed by atoms with van der Waals surface area (Å²) < 4.78 is 0. The summed E-state index contributed by atoms with van der Waals surface area (Å²) in [5.74, 6) is 0. The van der Waals surface area contributed by atoms with E-state index in [4.69, 9.17) is 0 Å². The molecule has 0 fully saturated rings. The van der Waals surface area contributed by atoms with E-state index in [9.17, 15) is 5.11 Å². The third-order valence-corrected chi connectivity index (χ3v) is 2.99. The van der Waals surface area contributed by atoms with Gasteiger partial charge < -0.3 is 10.4 Å². The Kier molecular flexibility index (Phi) is 3.77. The van der Waals surface area contributed by atoms with Gasteiger partial charge in [0.25, 0.3) is 0 Å². The molecule has 1 aromatic carbocycles. The van der Waals surface area contributed by atoms with Crippen LogP contribution in [0.3, 0.4) is 0 Å². The SMILES string of the molecule is CCCC(C)(O)CNc1cnnc2ccccc12. The van der Waals surface area contributed by atoms with Crippen molar-refractivity contribution >= 4 is 16.6 Å². The summed E-state index contributed by atoms with van der Waals surface area (Å²) in [6.45, 7) is 4.43. The Morgan fingerprint density at radius 1 is 1.33 bits per heavy atom. The molecule has 2 rings (SSSR count). The summed E-state index contributed by atoms with van der Waals surface area (Å²) in [6, 6.07) is 7.84. The molecule has 1 atom stereocenters. The maximum absolute atomic E-state index is 10.1. The van der Waals surface area contributed by atoms with E-state index in [1.807, 2.05) is 31.2 Å². The van der Waals surface area contributed by atoms with Crippen LogP contribution in [-0.4, -0.2) is 27.4 Å². The number of hydrogen-bond acceptors (Lipinski definition) is 4. The summed E-state index contributed by atoms with van der Waals surface area (Å²) in [4.78, 5) is 0.